The SMILES string of the molecule is COc1c(C(C)=O)c(OC(C)OC(C)Oc2cc3occc3c(OC)c2C(C)=O)cc2occc12. The summed E-state index contributed by atoms with van der Waals surface area (Å²) in [4.78, 5) is 24.8. The lowest BCUT2D eigenvalue weighted by Crippen LogP contribution is -2.27. The predicted molar refractivity (Wildman–Crippen MR) is 127 cm³/mol. The summed E-state index contributed by atoms with van der Waals surface area (Å²) in [5.74, 6) is 0.752. The monoisotopic (exact) mass is 482 g/mol. The molecule has 0 fully saturated rings. The zero-order chi connectivity index (χ0) is 25.3. The van der Waals surface area contributed by atoms with Crippen molar-refractivity contribution in [2.24, 2.45) is 0 Å². The van der Waals surface area contributed by atoms with Gasteiger partial charge in [0.15, 0.2) is 11.6 Å². The Kier molecular flexibility index (Phi) is 6.70. The van der Waals surface area contributed by atoms with Gasteiger partial charge in [-0.25, -0.2) is 0 Å². The third-order valence-electron chi connectivity index (χ3n) is 5.43. The molecule has 0 aliphatic carbocycles. The van der Waals surface area contributed by atoms with Crippen molar-refractivity contribution in [3.05, 3.63) is 47.9 Å². The van der Waals surface area contributed by atoms with E-state index in [-0.39, 0.29) is 34.2 Å². The Bertz CT molecular complexity index is 1290. The first-order valence-electron chi connectivity index (χ1n) is 10.9. The number of fused-ring (bicyclic) bond motifs is 2. The van der Waals surface area contributed by atoms with Crippen molar-refractivity contribution in [1.29, 1.82) is 0 Å². The zero-order valence-electron chi connectivity index (χ0n) is 20.3. The van der Waals surface area contributed by atoms with Crippen LogP contribution in [-0.4, -0.2) is 38.4 Å². The largest absolute Gasteiger partial charge is 0.495 e. The molecule has 0 spiro atoms. The van der Waals surface area contributed by atoms with E-state index < -0.39 is 12.6 Å². The topological polar surface area (TPSA) is 107 Å². The summed E-state index contributed by atoms with van der Waals surface area (Å²) in [7, 11) is 2.95. The Balaban J connectivity index is 1.58. The number of carbonyl (C=O) groups excluding carboxylic acids is 2. The quantitative estimate of drug-likeness (QED) is 0.206. The van der Waals surface area contributed by atoms with Crippen LogP contribution >= 0.6 is 0 Å². The highest BCUT2D eigenvalue weighted by Gasteiger charge is 2.25. The molecule has 2 aromatic heterocycles. The van der Waals surface area contributed by atoms with E-state index >= 15 is 0 Å². The zero-order valence-corrected chi connectivity index (χ0v) is 20.3. The van der Waals surface area contributed by atoms with Crippen LogP contribution in [-0.2, 0) is 4.74 Å². The molecular weight excluding hydrogens is 456 g/mol. The fraction of sp³-hybridized carbons (Fsp3) is 0.308. The van der Waals surface area contributed by atoms with E-state index in [0.29, 0.717) is 33.4 Å². The van der Waals surface area contributed by atoms with Gasteiger partial charge >= 0.3 is 0 Å². The first-order chi connectivity index (χ1) is 16.7. The average Bonchev–Trinajstić information content (AvgIpc) is 3.45. The first kappa shape index (κ1) is 24.2. The molecule has 35 heavy (non-hydrogen) atoms. The van der Waals surface area contributed by atoms with E-state index in [1.165, 1.54) is 40.6 Å². The van der Waals surface area contributed by atoms with Crippen LogP contribution in [0.2, 0.25) is 0 Å². The third kappa shape index (κ3) is 4.54. The molecule has 0 radical (unpaired) electrons. The van der Waals surface area contributed by atoms with Gasteiger partial charge in [-0.15, -0.1) is 0 Å². The number of rotatable bonds is 10. The smallest absolute Gasteiger partial charge is 0.200 e. The summed E-state index contributed by atoms with van der Waals surface area (Å²) < 4.78 is 39.6. The lowest BCUT2D eigenvalue weighted by Gasteiger charge is -2.23. The minimum absolute atomic E-state index is 0.235. The van der Waals surface area contributed by atoms with E-state index in [1.807, 2.05) is 0 Å². The van der Waals surface area contributed by atoms with Crippen LogP contribution in [0.5, 0.6) is 23.0 Å². The second-order valence-electron chi connectivity index (χ2n) is 7.85. The van der Waals surface area contributed by atoms with E-state index in [9.17, 15) is 9.59 Å². The lowest BCUT2D eigenvalue weighted by molar-refractivity contribution is -0.168. The second-order valence-corrected chi connectivity index (χ2v) is 7.85. The Hall–Kier alpha value is -3.98. The molecular formula is C26H26O9. The molecule has 0 N–H and O–H groups in total. The number of ketones is 2. The van der Waals surface area contributed by atoms with Crippen LogP contribution < -0.4 is 18.9 Å². The molecule has 4 rings (SSSR count). The fourth-order valence-corrected chi connectivity index (χ4v) is 4.08. The molecule has 4 aromatic rings. The number of Topliss-reactive ketones (excluding diaryl/α,β-unsaturated/α-hetero) is 2. The number of furan rings is 2. The van der Waals surface area contributed by atoms with Crippen LogP contribution in [0, 0.1) is 0 Å². The van der Waals surface area contributed by atoms with Crippen molar-refractivity contribution in [1.82, 2.24) is 0 Å². The summed E-state index contributed by atoms with van der Waals surface area (Å²) in [5, 5.41) is 1.32. The highest BCUT2D eigenvalue weighted by atomic mass is 16.8. The van der Waals surface area contributed by atoms with Gasteiger partial charge in [0.1, 0.15) is 45.3 Å². The summed E-state index contributed by atoms with van der Waals surface area (Å²) >= 11 is 0. The summed E-state index contributed by atoms with van der Waals surface area (Å²) in [6, 6.07) is 6.67. The van der Waals surface area contributed by atoms with Crippen molar-refractivity contribution < 1.29 is 42.1 Å². The maximum atomic E-state index is 12.4. The van der Waals surface area contributed by atoms with Crippen molar-refractivity contribution >= 4 is 33.5 Å². The maximum Gasteiger partial charge on any atom is 0.200 e. The minimum Gasteiger partial charge on any atom is -0.495 e. The van der Waals surface area contributed by atoms with Gasteiger partial charge in [0.05, 0.1) is 37.5 Å². The lowest BCUT2D eigenvalue weighted by atomic mass is 10.1. The van der Waals surface area contributed by atoms with Crippen molar-refractivity contribution in [2.45, 2.75) is 40.3 Å². The van der Waals surface area contributed by atoms with E-state index in [4.69, 9.17) is 32.5 Å². The van der Waals surface area contributed by atoms with Gasteiger partial charge in [-0.1, -0.05) is 0 Å². The molecule has 2 aromatic carbocycles. The molecule has 2 unspecified atom stereocenters. The Morgan fingerprint density at radius 2 is 1.14 bits per heavy atom. The van der Waals surface area contributed by atoms with Crippen LogP contribution in [0.4, 0.5) is 0 Å². The van der Waals surface area contributed by atoms with E-state index in [2.05, 4.69) is 0 Å². The van der Waals surface area contributed by atoms with Gasteiger partial charge in [0.25, 0.3) is 0 Å². The van der Waals surface area contributed by atoms with Crippen LogP contribution in [0.3, 0.4) is 0 Å². The highest BCUT2D eigenvalue weighted by Crippen LogP contribution is 2.40. The Labute approximate surface area is 201 Å². The maximum absolute atomic E-state index is 12.4. The summed E-state index contributed by atoms with van der Waals surface area (Å²) in [6.45, 7) is 6.17. The normalized spacial score (nSPS) is 13.0. The van der Waals surface area contributed by atoms with Crippen molar-refractivity contribution in [2.75, 3.05) is 14.2 Å². The van der Waals surface area contributed by atoms with Crippen LogP contribution in [0.15, 0.2) is 45.6 Å². The second kappa shape index (κ2) is 9.71. The van der Waals surface area contributed by atoms with Gasteiger partial charge in [0.2, 0.25) is 12.6 Å². The predicted octanol–water partition coefficient (Wildman–Crippen LogP) is 5.77. The van der Waals surface area contributed by atoms with Crippen LogP contribution in [0.25, 0.3) is 21.9 Å². The first-order valence-corrected chi connectivity index (χ1v) is 10.9. The van der Waals surface area contributed by atoms with Crippen molar-refractivity contribution in [3.63, 3.8) is 0 Å². The van der Waals surface area contributed by atoms with E-state index in [0.717, 1.165) is 0 Å². The van der Waals surface area contributed by atoms with Gasteiger partial charge in [-0.05, 0) is 39.8 Å². The molecule has 0 bridgehead atoms. The molecule has 0 saturated carbocycles. The number of hydrogen-bond donors (Lipinski definition) is 0. The van der Waals surface area contributed by atoms with Gasteiger partial charge in [-0.2, -0.15) is 0 Å². The van der Waals surface area contributed by atoms with Gasteiger partial charge in [-0.3, -0.25) is 9.59 Å². The number of carbonyl (C=O) groups is 2. The van der Waals surface area contributed by atoms with Crippen molar-refractivity contribution in [3.8, 4) is 23.0 Å². The third-order valence-corrected chi connectivity index (χ3v) is 5.43. The molecule has 2 atom stereocenters. The molecule has 9 nitrogen and oxygen atoms in total. The number of hydrogen-bond acceptors (Lipinski definition) is 9. The Morgan fingerprint density at radius 3 is 1.49 bits per heavy atom. The Morgan fingerprint density at radius 1 is 0.743 bits per heavy atom. The van der Waals surface area contributed by atoms with Gasteiger partial charge < -0.3 is 32.5 Å². The number of methoxy groups -OCH3 is 2. The molecule has 0 saturated heterocycles. The van der Waals surface area contributed by atoms with Gasteiger partial charge in [0, 0.05) is 12.1 Å². The molecule has 9 heteroatoms. The average molecular weight is 482 g/mol. The summed E-state index contributed by atoms with van der Waals surface area (Å²) in [5.41, 5.74) is 1.56. The molecule has 0 amide bonds. The molecule has 0 aliphatic rings. The minimum atomic E-state index is -0.838. The number of ether oxygens (including phenoxy) is 5. The van der Waals surface area contributed by atoms with E-state index in [1.54, 1.807) is 38.1 Å². The number of benzene rings is 2. The summed E-state index contributed by atoms with van der Waals surface area (Å²) in [6.07, 6.45) is 1.34. The fourth-order valence-electron chi connectivity index (χ4n) is 4.08. The standard InChI is InChI=1S/C26H26O9/c1-13(27)23-21(11-19-17(7-9-31-19)25(23)29-5)34-15(3)33-16(4)35-22-12-20-18(8-10-32-20)26(30-6)24(22)14(2)28/h7-12,15-16H,1-6H3. The molecule has 0 aliphatic heterocycles. The molecule has 184 valence electrons. The highest BCUT2D eigenvalue weighted by molar-refractivity contribution is 6.06. The van der Waals surface area contributed by atoms with Crippen LogP contribution in [0.1, 0.15) is 48.4 Å². The molecule has 2 heterocycles.